The van der Waals surface area contributed by atoms with Crippen molar-refractivity contribution >= 4 is 38.7 Å². The standard InChI is InChI=1S/C10H10N4O2S/c1-13(2)6-11-10-12-8-4-3-7(14(15)16)5-9(8)17-10/h3-6H,1-2H3/b11-6+. The van der Waals surface area contributed by atoms with E-state index in [1.54, 1.807) is 17.3 Å². The number of rotatable bonds is 3. The van der Waals surface area contributed by atoms with E-state index in [-0.39, 0.29) is 5.69 Å². The summed E-state index contributed by atoms with van der Waals surface area (Å²) in [6.45, 7) is 0. The van der Waals surface area contributed by atoms with Gasteiger partial charge in [-0.25, -0.2) is 9.98 Å². The predicted octanol–water partition coefficient (Wildman–Crippen LogP) is 2.43. The zero-order chi connectivity index (χ0) is 12.4. The molecule has 0 amide bonds. The molecular formula is C10H10N4O2S. The zero-order valence-corrected chi connectivity index (χ0v) is 10.1. The van der Waals surface area contributed by atoms with Gasteiger partial charge in [0.1, 0.15) is 0 Å². The summed E-state index contributed by atoms with van der Waals surface area (Å²) in [7, 11) is 3.73. The fourth-order valence-corrected chi connectivity index (χ4v) is 2.07. The highest BCUT2D eigenvalue weighted by Crippen LogP contribution is 2.30. The Hall–Kier alpha value is -2.02. The Labute approximate surface area is 101 Å². The van der Waals surface area contributed by atoms with Gasteiger partial charge in [0.15, 0.2) is 0 Å². The number of non-ortho nitro benzene ring substituents is 1. The number of thiazole rings is 1. The molecule has 0 bridgehead atoms. The summed E-state index contributed by atoms with van der Waals surface area (Å²) in [5.74, 6) is 0. The Morgan fingerprint density at radius 1 is 1.53 bits per heavy atom. The van der Waals surface area contributed by atoms with Crippen LogP contribution in [-0.4, -0.2) is 35.2 Å². The van der Waals surface area contributed by atoms with E-state index in [4.69, 9.17) is 0 Å². The SMILES string of the molecule is CN(C)/C=N/c1nc2ccc([N+](=O)[O-])cc2s1. The Bertz CT molecular complexity index is 591. The van der Waals surface area contributed by atoms with Crippen molar-refractivity contribution in [2.45, 2.75) is 0 Å². The average Bonchev–Trinajstić information content (AvgIpc) is 2.67. The molecule has 0 saturated carbocycles. The second-order valence-electron chi connectivity index (χ2n) is 3.61. The number of hydrogen-bond donors (Lipinski definition) is 0. The summed E-state index contributed by atoms with van der Waals surface area (Å²) in [4.78, 5) is 20.4. The molecule has 6 nitrogen and oxygen atoms in total. The summed E-state index contributed by atoms with van der Waals surface area (Å²) >= 11 is 1.33. The number of benzene rings is 1. The Morgan fingerprint density at radius 3 is 2.94 bits per heavy atom. The molecule has 1 heterocycles. The number of aliphatic imine (C=N–C) groups is 1. The first-order chi connectivity index (χ1) is 8.06. The Balaban J connectivity index is 2.40. The lowest BCUT2D eigenvalue weighted by molar-refractivity contribution is -0.384. The Kier molecular flexibility index (Phi) is 3.01. The van der Waals surface area contributed by atoms with Gasteiger partial charge in [0, 0.05) is 26.2 Å². The quantitative estimate of drug-likeness (QED) is 0.363. The van der Waals surface area contributed by atoms with Gasteiger partial charge in [-0.15, -0.1) is 0 Å². The van der Waals surface area contributed by atoms with Crippen LogP contribution >= 0.6 is 11.3 Å². The number of nitro benzene ring substituents is 1. The van der Waals surface area contributed by atoms with E-state index >= 15 is 0 Å². The third-order valence-electron chi connectivity index (χ3n) is 1.97. The first-order valence-corrected chi connectivity index (χ1v) is 5.63. The third kappa shape index (κ3) is 2.56. The molecule has 0 radical (unpaired) electrons. The highest BCUT2D eigenvalue weighted by Gasteiger charge is 2.09. The van der Waals surface area contributed by atoms with Gasteiger partial charge < -0.3 is 4.90 Å². The van der Waals surface area contributed by atoms with E-state index in [9.17, 15) is 10.1 Å². The van der Waals surface area contributed by atoms with E-state index in [0.717, 1.165) is 10.2 Å². The van der Waals surface area contributed by atoms with Gasteiger partial charge in [0.2, 0.25) is 5.13 Å². The van der Waals surface area contributed by atoms with Crippen LogP contribution in [0.15, 0.2) is 23.2 Å². The molecular weight excluding hydrogens is 240 g/mol. The van der Waals surface area contributed by atoms with Gasteiger partial charge in [-0.05, 0) is 6.07 Å². The molecule has 17 heavy (non-hydrogen) atoms. The molecule has 2 rings (SSSR count). The van der Waals surface area contributed by atoms with Crippen LogP contribution in [0.2, 0.25) is 0 Å². The van der Waals surface area contributed by atoms with Crippen molar-refractivity contribution in [3.8, 4) is 0 Å². The van der Waals surface area contributed by atoms with Gasteiger partial charge in [-0.2, -0.15) is 0 Å². The van der Waals surface area contributed by atoms with E-state index in [1.165, 1.54) is 23.5 Å². The number of fused-ring (bicyclic) bond motifs is 1. The van der Waals surface area contributed by atoms with E-state index in [1.807, 2.05) is 14.1 Å². The maximum Gasteiger partial charge on any atom is 0.270 e. The summed E-state index contributed by atoms with van der Waals surface area (Å²) in [6.07, 6.45) is 1.64. The molecule has 0 aliphatic rings. The van der Waals surface area contributed by atoms with Crippen LogP contribution in [-0.2, 0) is 0 Å². The van der Waals surface area contributed by atoms with Crippen molar-refractivity contribution in [3.63, 3.8) is 0 Å². The molecule has 0 atom stereocenters. The molecule has 0 aliphatic heterocycles. The summed E-state index contributed by atoms with van der Waals surface area (Å²) in [5, 5.41) is 11.2. The molecule has 0 saturated heterocycles. The monoisotopic (exact) mass is 250 g/mol. The van der Waals surface area contributed by atoms with Gasteiger partial charge in [0.25, 0.3) is 5.69 Å². The number of aromatic nitrogens is 1. The molecule has 2 aromatic rings. The van der Waals surface area contributed by atoms with Crippen LogP contribution in [0, 0.1) is 10.1 Å². The normalized spacial score (nSPS) is 11.2. The van der Waals surface area contributed by atoms with Crippen molar-refractivity contribution < 1.29 is 4.92 Å². The van der Waals surface area contributed by atoms with E-state index in [2.05, 4.69) is 9.98 Å². The molecule has 0 spiro atoms. The smallest absolute Gasteiger partial charge is 0.270 e. The minimum atomic E-state index is -0.415. The molecule has 0 aliphatic carbocycles. The summed E-state index contributed by atoms with van der Waals surface area (Å²) in [6, 6.07) is 4.60. The maximum absolute atomic E-state index is 10.6. The topological polar surface area (TPSA) is 71.6 Å². The van der Waals surface area contributed by atoms with E-state index < -0.39 is 4.92 Å². The lowest BCUT2D eigenvalue weighted by Gasteiger charge is -1.99. The van der Waals surface area contributed by atoms with Crippen molar-refractivity contribution in [3.05, 3.63) is 28.3 Å². The minimum Gasteiger partial charge on any atom is -0.369 e. The number of nitrogens with zero attached hydrogens (tertiary/aromatic N) is 4. The summed E-state index contributed by atoms with van der Waals surface area (Å²) in [5.41, 5.74) is 0.802. The average molecular weight is 250 g/mol. The Morgan fingerprint density at radius 2 is 2.29 bits per heavy atom. The van der Waals surface area contributed by atoms with Gasteiger partial charge in [-0.1, -0.05) is 11.3 Å². The lowest BCUT2D eigenvalue weighted by atomic mass is 10.3. The molecule has 0 N–H and O–H groups in total. The largest absolute Gasteiger partial charge is 0.369 e. The second kappa shape index (κ2) is 4.46. The van der Waals surface area contributed by atoms with Crippen molar-refractivity contribution in [2.75, 3.05) is 14.1 Å². The third-order valence-corrected chi connectivity index (χ3v) is 2.90. The van der Waals surface area contributed by atoms with Crippen LogP contribution in [0.25, 0.3) is 10.2 Å². The van der Waals surface area contributed by atoms with Gasteiger partial charge >= 0.3 is 0 Å². The first kappa shape index (κ1) is 11.5. The molecule has 88 valence electrons. The molecule has 1 aromatic heterocycles. The molecule has 1 aromatic carbocycles. The predicted molar refractivity (Wildman–Crippen MR) is 68.1 cm³/mol. The molecule has 0 fully saturated rings. The molecule has 7 heteroatoms. The highest BCUT2D eigenvalue weighted by molar-refractivity contribution is 7.22. The van der Waals surface area contributed by atoms with E-state index in [0.29, 0.717) is 5.13 Å². The van der Waals surface area contributed by atoms with Crippen LogP contribution in [0.5, 0.6) is 0 Å². The number of nitro groups is 1. The minimum absolute atomic E-state index is 0.0734. The van der Waals surface area contributed by atoms with Crippen LogP contribution in [0.3, 0.4) is 0 Å². The fraction of sp³-hybridized carbons (Fsp3) is 0.200. The number of hydrogen-bond acceptors (Lipinski definition) is 5. The van der Waals surface area contributed by atoms with Gasteiger partial charge in [-0.3, -0.25) is 10.1 Å². The van der Waals surface area contributed by atoms with Crippen molar-refractivity contribution in [1.82, 2.24) is 9.88 Å². The lowest BCUT2D eigenvalue weighted by Crippen LogP contribution is -2.06. The molecule has 0 unspecified atom stereocenters. The van der Waals surface area contributed by atoms with Crippen LogP contribution < -0.4 is 0 Å². The first-order valence-electron chi connectivity index (χ1n) is 4.82. The van der Waals surface area contributed by atoms with Gasteiger partial charge in [0.05, 0.1) is 21.5 Å². The van der Waals surface area contributed by atoms with Crippen molar-refractivity contribution in [2.24, 2.45) is 4.99 Å². The second-order valence-corrected chi connectivity index (χ2v) is 4.62. The fourth-order valence-electron chi connectivity index (χ4n) is 1.23. The highest BCUT2D eigenvalue weighted by atomic mass is 32.1. The summed E-state index contributed by atoms with van der Waals surface area (Å²) < 4.78 is 0.769. The van der Waals surface area contributed by atoms with Crippen LogP contribution in [0.4, 0.5) is 10.8 Å². The van der Waals surface area contributed by atoms with Crippen LogP contribution in [0.1, 0.15) is 0 Å². The zero-order valence-electron chi connectivity index (χ0n) is 9.32. The maximum atomic E-state index is 10.6. The van der Waals surface area contributed by atoms with Crippen molar-refractivity contribution in [1.29, 1.82) is 0 Å².